The second-order valence-electron chi connectivity index (χ2n) is 8.20. The summed E-state index contributed by atoms with van der Waals surface area (Å²) in [6.45, 7) is 4.60. The predicted octanol–water partition coefficient (Wildman–Crippen LogP) is 5.23. The van der Waals surface area contributed by atoms with E-state index in [1.165, 1.54) is 23.9 Å². The topological polar surface area (TPSA) is 95.2 Å². The molecule has 1 aliphatic heterocycles. The second-order valence-corrected chi connectivity index (χ2v) is 9.61. The fraction of sp³-hybridized carbons (Fsp3) is 0.192. The molecule has 2 aromatic carbocycles. The van der Waals surface area contributed by atoms with Crippen LogP contribution in [0.2, 0.25) is 5.02 Å². The third-order valence-corrected chi connectivity index (χ3v) is 6.44. The Morgan fingerprint density at radius 2 is 1.94 bits per heavy atom. The highest BCUT2D eigenvalue weighted by atomic mass is 35.5. The summed E-state index contributed by atoms with van der Waals surface area (Å²) in [7, 11) is 1.60. The molecule has 0 aliphatic carbocycles. The summed E-state index contributed by atoms with van der Waals surface area (Å²) in [5.74, 6) is 0.351. The van der Waals surface area contributed by atoms with Gasteiger partial charge in [0.25, 0.3) is 5.91 Å². The van der Waals surface area contributed by atoms with E-state index < -0.39 is 5.97 Å². The van der Waals surface area contributed by atoms with Gasteiger partial charge in [0.05, 0.1) is 23.7 Å². The first kappa shape index (κ1) is 24.6. The predicted molar refractivity (Wildman–Crippen MR) is 136 cm³/mol. The van der Waals surface area contributed by atoms with Crippen LogP contribution < -0.4 is 9.84 Å². The number of amides is 1. The number of ether oxygens (including phenoxy) is 1. The van der Waals surface area contributed by atoms with Crippen LogP contribution in [0.3, 0.4) is 0 Å². The molecule has 0 unspecified atom stereocenters. The molecule has 0 N–H and O–H groups in total. The number of thioether (sulfide) groups is 1. The van der Waals surface area contributed by atoms with Crippen LogP contribution in [-0.4, -0.2) is 35.6 Å². The summed E-state index contributed by atoms with van der Waals surface area (Å²) in [5, 5.41) is 12.0. The van der Waals surface area contributed by atoms with Crippen LogP contribution >= 0.6 is 23.4 Å². The van der Waals surface area contributed by atoms with Gasteiger partial charge in [0.15, 0.2) is 5.17 Å². The molecule has 9 heteroatoms. The first-order valence-corrected chi connectivity index (χ1v) is 12.0. The van der Waals surface area contributed by atoms with Crippen LogP contribution in [0, 0.1) is 5.92 Å². The lowest BCUT2D eigenvalue weighted by molar-refractivity contribution is -0.255. The molecule has 1 aliphatic rings. The highest BCUT2D eigenvalue weighted by Gasteiger charge is 2.34. The molecule has 1 fully saturated rings. The third kappa shape index (κ3) is 5.61. The summed E-state index contributed by atoms with van der Waals surface area (Å²) < 4.78 is 11.1. The fourth-order valence-electron chi connectivity index (χ4n) is 3.43. The van der Waals surface area contributed by atoms with Crippen molar-refractivity contribution in [2.45, 2.75) is 13.8 Å². The van der Waals surface area contributed by atoms with E-state index in [0.717, 1.165) is 5.75 Å². The van der Waals surface area contributed by atoms with Crippen LogP contribution in [0.5, 0.6) is 5.75 Å². The third-order valence-electron chi connectivity index (χ3n) is 5.10. The Hall–Kier alpha value is -3.49. The summed E-state index contributed by atoms with van der Waals surface area (Å²) in [5.41, 5.74) is 1.13. The molecule has 1 saturated heterocycles. The lowest BCUT2D eigenvalue weighted by Gasteiger charge is -2.17. The van der Waals surface area contributed by atoms with Gasteiger partial charge in [-0.1, -0.05) is 25.4 Å². The van der Waals surface area contributed by atoms with E-state index in [0.29, 0.717) is 39.4 Å². The second kappa shape index (κ2) is 10.4. The molecule has 0 radical (unpaired) electrons. The number of methoxy groups -OCH3 is 1. The van der Waals surface area contributed by atoms with Crippen LogP contribution in [0.1, 0.15) is 30.0 Å². The summed E-state index contributed by atoms with van der Waals surface area (Å²) >= 11 is 7.20. The first-order valence-electron chi connectivity index (χ1n) is 10.8. The number of benzene rings is 2. The zero-order valence-electron chi connectivity index (χ0n) is 19.3. The molecule has 2 heterocycles. The number of aromatic carboxylic acids is 1. The maximum Gasteiger partial charge on any atom is 0.266 e. The summed E-state index contributed by atoms with van der Waals surface area (Å²) in [6, 6.07) is 15.2. The highest BCUT2D eigenvalue weighted by molar-refractivity contribution is 8.18. The number of nitrogens with zero attached hydrogens (tertiary/aromatic N) is 2. The minimum absolute atomic E-state index is 0.0875. The van der Waals surface area contributed by atoms with Gasteiger partial charge in [-0.2, -0.15) is 0 Å². The molecule has 0 atom stereocenters. The summed E-state index contributed by atoms with van der Waals surface area (Å²) in [6.07, 6.45) is 1.66. The van der Waals surface area contributed by atoms with Gasteiger partial charge >= 0.3 is 0 Å². The van der Waals surface area contributed by atoms with E-state index in [-0.39, 0.29) is 22.4 Å². The zero-order chi connectivity index (χ0) is 25.1. The number of amidine groups is 1. The van der Waals surface area contributed by atoms with Gasteiger partial charge in [0.1, 0.15) is 17.3 Å². The Morgan fingerprint density at radius 1 is 1.20 bits per heavy atom. The van der Waals surface area contributed by atoms with Crippen molar-refractivity contribution >= 4 is 52.2 Å². The quantitative estimate of drug-likeness (QED) is 0.404. The molecule has 180 valence electrons. The molecular weight excluding hydrogens is 488 g/mol. The smallest absolute Gasteiger partial charge is 0.266 e. The van der Waals surface area contributed by atoms with Crippen molar-refractivity contribution in [3.63, 3.8) is 0 Å². The monoisotopic (exact) mass is 509 g/mol. The van der Waals surface area contributed by atoms with E-state index in [4.69, 9.17) is 20.8 Å². The molecular formula is C26H22ClN2O5S-. The van der Waals surface area contributed by atoms with Crippen LogP contribution in [0.25, 0.3) is 17.4 Å². The maximum atomic E-state index is 13.2. The van der Waals surface area contributed by atoms with Gasteiger partial charge < -0.3 is 19.1 Å². The van der Waals surface area contributed by atoms with Crippen molar-refractivity contribution in [3.8, 4) is 17.1 Å². The van der Waals surface area contributed by atoms with E-state index in [2.05, 4.69) is 4.99 Å². The van der Waals surface area contributed by atoms with Gasteiger partial charge in [-0.3, -0.25) is 9.69 Å². The lowest BCUT2D eigenvalue weighted by atomic mass is 10.1. The van der Waals surface area contributed by atoms with E-state index in [1.807, 2.05) is 38.1 Å². The van der Waals surface area contributed by atoms with Crippen LogP contribution in [-0.2, 0) is 4.79 Å². The maximum absolute atomic E-state index is 13.2. The average molecular weight is 510 g/mol. The average Bonchev–Trinajstić information content (AvgIpc) is 3.40. The number of carbonyl (C=O) groups is 2. The Kier molecular flexibility index (Phi) is 7.33. The Morgan fingerprint density at radius 3 is 2.60 bits per heavy atom. The fourth-order valence-corrected chi connectivity index (χ4v) is 4.62. The number of furan rings is 1. The molecule has 0 bridgehead atoms. The Balaban J connectivity index is 1.63. The van der Waals surface area contributed by atoms with Crippen molar-refractivity contribution in [1.82, 2.24) is 4.90 Å². The Labute approximate surface area is 212 Å². The summed E-state index contributed by atoms with van der Waals surface area (Å²) in [4.78, 5) is 31.3. The molecule has 3 aromatic rings. The van der Waals surface area contributed by atoms with E-state index >= 15 is 0 Å². The molecule has 35 heavy (non-hydrogen) atoms. The number of carboxylic acid groups (broad SMARTS) is 1. The lowest BCUT2D eigenvalue weighted by Crippen LogP contribution is -2.32. The molecule has 7 nitrogen and oxygen atoms in total. The van der Waals surface area contributed by atoms with Crippen LogP contribution in [0.15, 0.2) is 68.9 Å². The Bertz CT molecular complexity index is 1330. The highest BCUT2D eigenvalue weighted by Crippen LogP contribution is 2.36. The van der Waals surface area contributed by atoms with Crippen molar-refractivity contribution in [2.75, 3.05) is 13.7 Å². The van der Waals surface area contributed by atoms with Gasteiger partial charge in [-0.25, -0.2) is 4.99 Å². The zero-order valence-corrected chi connectivity index (χ0v) is 20.9. The minimum atomic E-state index is -1.37. The normalized spacial score (nSPS) is 16.0. The number of hydrogen-bond donors (Lipinski definition) is 0. The first-order chi connectivity index (χ1) is 16.7. The molecule has 4 rings (SSSR count). The SMILES string of the molecule is COc1ccc(N=C2SC(=Cc3ccc(-c4ccc(Cl)c(C(=O)[O-])c4)o3)C(=O)N2CC(C)C)cc1. The van der Waals surface area contributed by atoms with E-state index in [9.17, 15) is 14.7 Å². The van der Waals surface area contributed by atoms with Crippen LogP contribution in [0.4, 0.5) is 5.69 Å². The molecule has 1 aromatic heterocycles. The largest absolute Gasteiger partial charge is 0.545 e. The molecule has 0 spiro atoms. The van der Waals surface area contributed by atoms with Gasteiger partial charge in [-0.15, -0.1) is 0 Å². The van der Waals surface area contributed by atoms with E-state index in [1.54, 1.807) is 36.3 Å². The van der Waals surface area contributed by atoms with Gasteiger partial charge in [0.2, 0.25) is 0 Å². The van der Waals surface area contributed by atoms with Crippen molar-refractivity contribution in [3.05, 3.63) is 75.8 Å². The van der Waals surface area contributed by atoms with Crippen molar-refractivity contribution < 1.29 is 23.8 Å². The number of carbonyl (C=O) groups excluding carboxylic acids is 2. The number of rotatable bonds is 7. The number of carboxylic acids is 1. The molecule has 1 amide bonds. The number of halogens is 1. The molecule has 0 saturated carbocycles. The van der Waals surface area contributed by atoms with Crippen molar-refractivity contribution in [2.24, 2.45) is 10.9 Å². The van der Waals surface area contributed by atoms with Gasteiger partial charge in [0, 0.05) is 28.8 Å². The standard InChI is InChI=1S/C26H23ClN2O5S/c1-15(2)14-29-24(30)23(35-26(29)28-17-5-7-18(33-3)8-6-17)13-19-9-11-22(34-19)16-4-10-21(27)20(12-16)25(31)32/h4-13,15H,14H2,1-3H3,(H,31,32)/p-1. The van der Waals surface area contributed by atoms with Crippen molar-refractivity contribution in [1.29, 1.82) is 0 Å². The number of aliphatic imine (C=N–C) groups is 1. The number of hydrogen-bond acceptors (Lipinski definition) is 7. The minimum Gasteiger partial charge on any atom is -0.545 e. The van der Waals surface area contributed by atoms with Gasteiger partial charge in [-0.05, 0) is 72.3 Å².